The molecule has 1 fully saturated rings. The van der Waals surface area contributed by atoms with Gasteiger partial charge in [-0.05, 0) is 33.0 Å². The molecule has 1 rings (SSSR count). The minimum absolute atomic E-state index is 0.562. The lowest BCUT2D eigenvalue weighted by atomic mass is 10.2. The molecule has 1 atom stereocenters. The van der Waals surface area contributed by atoms with Crippen LogP contribution in [0.1, 0.15) is 26.2 Å². The summed E-state index contributed by atoms with van der Waals surface area (Å²) in [4.78, 5) is 4.69. The number of likely N-dealkylation sites (tertiary alicyclic amines) is 1. The zero-order chi connectivity index (χ0) is 10.4. The molecule has 0 aliphatic carbocycles. The first-order valence-electron chi connectivity index (χ1n) is 5.57. The van der Waals surface area contributed by atoms with Crippen LogP contribution in [-0.2, 0) is 0 Å². The maximum atomic E-state index is 8.60. The predicted molar refractivity (Wildman–Crippen MR) is 58.0 cm³/mol. The van der Waals surface area contributed by atoms with E-state index in [1.165, 1.54) is 32.4 Å². The van der Waals surface area contributed by atoms with Crippen LogP contribution < -0.4 is 0 Å². The van der Waals surface area contributed by atoms with Gasteiger partial charge in [-0.2, -0.15) is 5.26 Å². The Balaban J connectivity index is 2.23. The maximum absolute atomic E-state index is 8.60. The van der Waals surface area contributed by atoms with Gasteiger partial charge in [0.15, 0.2) is 0 Å². The Hall–Kier alpha value is -0.590. The minimum Gasteiger partial charge on any atom is -0.302 e. The van der Waals surface area contributed by atoms with Gasteiger partial charge in [0.1, 0.15) is 0 Å². The third kappa shape index (κ3) is 3.28. The van der Waals surface area contributed by atoms with E-state index < -0.39 is 0 Å². The summed E-state index contributed by atoms with van der Waals surface area (Å²) in [7, 11) is 2.05. The Morgan fingerprint density at radius 2 is 2.36 bits per heavy atom. The Bertz CT molecular complexity index is 197. The van der Waals surface area contributed by atoms with E-state index in [0.717, 1.165) is 6.54 Å². The highest BCUT2D eigenvalue weighted by molar-refractivity contribution is 4.86. The van der Waals surface area contributed by atoms with Crippen molar-refractivity contribution in [3.05, 3.63) is 0 Å². The second-order valence-corrected chi connectivity index (χ2v) is 4.17. The predicted octanol–water partition coefficient (Wildman–Crippen LogP) is 1.32. The van der Waals surface area contributed by atoms with Gasteiger partial charge in [0.05, 0.1) is 12.6 Å². The van der Waals surface area contributed by atoms with Crippen molar-refractivity contribution in [2.24, 2.45) is 0 Å². The van der Waals surface area contributed by atoms with Gasteiger partial charge >= 0.3 is 0 Å². The van der Waals surface area contributed by atoms with Gasteiger partial charge in [-0.25, -0.2) is 0 Å². The van der Waals surface area contributed by atoms with E-state index in [-0.39, 0.29) is 0 Å². The second kappa shape index (κ2) is 6.00. The number of unbranched alkanes of at least 4 members (excludes halogenated alkanes) is 1. The van der Waals surface area contributed by atoms with Crippen LogP contribution in [0.2, 0.25) is 0 Å². The lowest BCUT2D eigenvalue weighted by Gasteiger charge is -2.21. The van der Waals surface area contributed by atoms with Crippen LogP contribution in [0.15, 0.2) is 0 Å². The molecular formula is C11H21N3. The molecule has 1 unspecified atom stereocenters. The summed E-state index contributed by atoms with van der Waals surface area (Å²) < 4.78 is 0. The molecule has 0 amide bonds. The molecule has 0 aromatic heterocycles. The molecule has 0 aromatic carbocycles. The molecule has 1 saturated heterocycles. The van der Waals surface area contributed by atoms with E-state index in [0.29, 0.717) is 12.6 Å². The lowest BCUT2D eigenvalue weighted by Crippen LogP contribution is -2.34. The summed E-state index contributed by atoms with van der Waals surface area (Å²) in [5.41, 5.74) is 0. The average molecular weight is 195 g/mol. The molecule has 1 aliphatic heterocycles. The summed E-state index contributed by atoms with van der Waals surface area (Å²) in [5, 5.41) is 8.60. The zero-order valence-corrected chi connectivity index (χ0v) is 9.37. The number of likely N-dealkylation sites (N-methyl/N-ethyl adjacent to an activating group) is 1. The van der Waals surface area contributed by atoms with Gasteiger partial charge in [-0.3, -0.25) is 4.90 Å². The Morgan fingerprint density at radius 3 is 3.00 bits per heavy atom. The Kier molecular flexibility index (Phi) is 4.92. The van der Waals surface area contributed by atoms with Crippen molar-refractivity contribution in [2.75, 3.05) is 33.2 Å². The second-order valence-electron chi connectivity index (χ2n) is 4.17. The van der Waals surface area contributed by atoms with Crippen molar-refractivity contribution in [3.63, 3.8) is 0 Å². The quantitative estimate of drug-likeness (QED) is 0.620. The van der Waals surface area contributed by atoms with Crippen LogP contribution in [0.5, 0.6) is 0 Å². The smallest absolute Gasteiger partial charge is 0.0866 e. The molecule has 0 N–H and O–H groups in total. The highest BCUT2D eigenvalue weighted by Gasteiger charge is 2.24. The first-order valence-corrected chi connectivity index (χ1v) is 5.57. The highest BCUT2D eigenvalue weighted by atomic mass is 15.2. The molecule has 0 saturated carbocycles. The van der Waals surface area contributed by atoms with E-state index in [4.69, 9.17) is 5.26 Å². The van der Waals surface area contributed by atoms with Gasteiger partial charge < -0.3 is 4.90 Å². The van der Waals surface area contributed by atoms with Crippen molar-refractivity contribution in [1.29, 1.82) is 5.26 Å². The topological polar surface area (TPSA) is 30.3 Å². The van der Waals surface area contributed by atoms with Crippen molar-refractivity contribution in [3.8, 4) is 6.07 Å². The summed E-state index contributed by atoms with van der Waals surface area (Å²) in [6.07, 6.45) is 3.80. The van der Waals surface area contributed by atoms with Gasteiger partial charge in [0, 0.05) is 12.6 Å². The summed E-state index contributed by atoms with van der Waals surface area (Å²) in [5.74, 6) is 0. The monoisotopic (exact) mass is 195 g/mol. The number of hydrogen-bond donors (Lipinski definition) is 0. The molecule has 80 valence electrons. The van der Waals surface area contributed by atoms with Gasteiger partial charge in [0.2, 0.25) is 0 Å². The highest BCUT2D eigenvalue weighted by Crippen LogP contribution is 2.14. The van der Waals surface area contributed by atoms with Crippen LogP contribution in [0.3, 0.4) is 0 Å². The fourth-order valence-corrected chi connectivity index (χ4v) is 2.00. The number of nitrogens with zero attached hydrogens (tertiary/aromatic N) is 3. The molecule has 0 aromatic rings. The fourth-order valence-electron chi connectivity index (χ4n) is 2.00. The number of nitriles is 1. The molecule has 14 heavy (non-hydrogen) atoms. The van der Waals surface area contributed by atoms with Gasteiger partial charge in [0.25, 0.3) is 0 Å². The van der Waals surface area contributed by atoms with E-state index in [1.54, 1.807) is 0 Å². The van der Waals surface area contributed by atoms with Gasteiger partial charge in [-0.1, -0.05) is 13.3 Å². The molecule has 1 aliphatic rings. The molecule has 0 bridgehead atoms. The summed E-state index contributed by atoms with van der Waals surface area (Å²) in [6, 6.07) is 2.81. The third-order valence-electron chi connectivity index (χ3n) is 3.02. The van der Waals surface area contributed by atoms with Crippen LogP contribution in [-0.4, -0.2) is 49.1 Å². The molecule has 0 radical (unpaired) electrons. The SMILES string of the molecule is CCCCN1CCC(N(C)CC#N)C1. The normalized spacial score (nSPS) is 22.9. The fraction of sp³-hybridized carbons (Fsp3) is 0.909. The molecule has 0 spiro atoms. The van der Waals surface area contributed by atoms with Crippen molar-refractivity contribution in [2.45, 2.75) is 32.2 Å². The van der Waals surface area contributed by atoms with Crippen LogP contribution in [0.4, 0.5) is 0 Å². The molecular weight excluding hydrogens is 174 g/mol. The van der Waals surface area contributed by atoms with Gasteiger partial charge in [-0.15, -0.1) is 0 Å². The number of hydrogen-bond acceptors (Lipinski definition) is 3. The first-order chi connectivity index (χ1) is 6.77. The Morgan fingerprint density at radius 1 is 1.57 bits per heavy atom. The zero-order valence-electron chi connectivity index (χ0n) is 9.37. The maximum Gasteiger partial charge on any atom is 0.0866 e. The van der Waals surface area contributed by atoms with Crippen LogP contribution in [0, 0.1) is 11.3 Å². The summed E-state index contributed by atoms with van der Waals surface area (Å²) in [6.45, 7) is 6.38. The van der Waals surface area contributed by atoms with E-state index in [1.807, 2.05) is 0 Å². The number of rotatable bonds is 5. The first kappa shape index (κ1) is 11.5. The molecule has 3 heteroatoms. The Labute approximate surface area is 87.3 Å². The van der Waals surface area contributed by atoms with Crippen molar-refractivity contribution in [1.82, 2.24) is 9.80 Å². The van der Waals surface area contributed by atoms with Crippen LogP contribution in [0.25, 0.3) is 0 Å². The summed E-state index contributed by atoms with van der Waals surface area (Å²) >= 11 is 0. The van der Waals surface area contributed by atoms with Crippen molar-refractivity contribution >= 4 is 0 Å². The molecule has 3 nitrogen and oxygen atoms in total. The molecule has 1 heterocycles. The van der Waals surface area contributed by atoms with E-state index in [9.17, 15) is 0 Å². The largest absolute Gasteiger partial charge is 0.302 e. The average Bonchev–Trinajstić information content (AvgIpc) is 2.63. The van der Waals surface area contributed by atoms with Crippen molar-refractivity contribution < 1.29 is 0 Å². The van der Waals surface area contributed by atoms with E-state index in [2.05, 4.69) is 29.8 Å². The van der Waals surface area contributed by atoms with E-state index >= 15 is 0 Å². The minimum atomic E-state index is 0.562. The standard InChI is InChI=1S/C11H21N3/c1-3-4-7-14-8-5-11(10-14)13(2)9-6-12/h11H,3-5,7-10H2,1-2H3. The lowest BCUT2D eigenvalue weighted by molar-refractivity contribution is 0.251. The third-order valence-corrected chi connectivity index (χ3v) is 3.02. The van der Waals surface area contributed by atoms with Crippen LogP contribution >= 0.6 is 0 Å².